The summed E-state index contributed by atoms with van der Waals surface area (Å²) in [5.74, 6) is 0.342. The monoisotopic (exact) mass is 1070 g/mol. The third-order valence-corrected chi connectivity index (χ3v) is 15.3. The minimum absolute atomic E-state index is 0.0761. The number of likely N-dealkylation sites (tertiary alicyclic amines) is 4. The number of halogens is 1. The van der Waals surface area contributed by atoms with E-state index in [-0.39, 0.29) is 47.8 Å². The van der Waals surface area contributed by atoms with Crippen molar-refractivity contribution in [3.05, 3.63) is 221 Å². The number of rotatable bonds is 10. The van der Waals surface area contributed by atoms with Gasteiger partial charge in [-0.1, -0.05) is 155 Å². The molecule has 76 heavy (non-hydrogen) atoms. The smallest absolute Gasteiger partial charge is 0.423 e. The Hall–Kier alpha value is -7.46. The lowest BCUT2D eigenvalue weighted by molar-refractivity contribution is 0.0546. The number of nitrogens with zero attached hydrogens (tertiary/aromatic N) is 4. The molecule has 2 atom stereocenters. The molecule has 4 fully saturated rings. The van der Waals surface area contributed by atoms with E-state index in [1.165, 1.54) is 11.1 Å². The molecule has 4 saturated heterocycles. The molecule has 384 valence electrons. The zero-order chi connectivity index (χ0) is 52.5. The predicted octanol–water partition coefficient (Wildman–Crippen LogP) is 8.13. The van der Waals surface area contributed by atoms with Gasteiger partial charge >= 0.3 is 7.12 Å². The molecule has 0 unspecified atom stereocenters. The van der Waals surface area contributed by atoms with E-state index in [1.807, 2.05) is 153 Å². The van der Waals surface area contributed by atoms with E-state index >= 15 is 0 Å². The maximum absolute atomic E-state index is 13.2. The largest absolute Gasteiger partial charge is 0.488 e. The van der Waals surface area contributed by atoms with Crippen molar-refractivity contribution in [1.29, 1.82) is 0 Å². The highest BCUT2D eigenvalue weighted by molar-refractivity contribution is 9.10. The van der Waals surface area contributed by atoms with Gasteiger partial charge in [0.05, 0.1) is 0 Å². The second-order valence-corrected chi connectivity index (χ2v) is 20.8. The topological polar surface area (TPSA) is 146 Å². The number of carbonyl (C=O) groups is 4. The zero-order valence-corrected chi connectivity index (χ0v) is 43.7. The molecular formula is C62H60BBrN6O6. The minimum atomic E-state index is -1.34. The first-order valence-electron chi connectivity index (χ1n) is 26.0. The van der Waals surface area contributed by atoms with E-state index in [0.717, 1.165) is 80.7 Å². The number of nitrogens with one attached hydrogen (secondary N) is 2. The summed E-state index contributed by atoms with van der Waals surface area (Å²) in [6.07, 6.45) is 1.89. The van der Waals surface area contributed by atoms with Crippen LogP contribution in [0.1, 0.15) is 54.3 Å². The number of carbonyl (C=O) groups excluding carboxylic acids is 4. The third-order valence-electron chi connectivity index (χ3n) is 14.7. The van der Waals surface area contributed by atoms with E-state index in [1.54, 1.807) is 24.3 Å². The molecule has 12 rings (SSSR count). The molecule has 0 spiro atoms. The van der Waals surface area contributed by atoms with Gasteiger partial charge in [0.2, 0.25) is 0 Å². The van der Waals surface area contributed by atoms with E-state index in [4.69, 9.17) is 10.0 Å². The van der Waals surface area contributed by atoms with E-state index in [2.05, 4.69) is 63.0 Å². The summed E-state index contributed by atoms with van der Waals surface area (Å²) in [5.41, 5.74) is 5.82. The molecule has 14 heteroatoms. The van der Waals surface area contributed by atoms with Gasteiger partial charge in [-0.05, 0) is 106 Å². The van der Waals surface area contributed by atoms with Crippen molar-refractivity contribution in [2.75, 3.05) is 52.4 Å². The van der Waals surface area contributed by atoms with Crippen LogP contribution in [0.15, 0.2) is 199 Å². The molecule has 0 aromatic heterocycles. The Bertz CT molecular complexity index is 3310. The summed E-state index contributed by atoms with van der Waals surface area (Å²) < 4.78 is 1.04. The Morgan fingerprint density at radius 1 is 0.421 bits per heavy atom. The Morgan fingerprint density at radius 3 is 1.30 bits per heavy atom. The average Bonchev–Trinajstić information content (AvgIpc) is 4.14. The Balaban J connectivity index is 0.000000150. The van der Waals surface area contributed by atoms with Crippen LogP contribution in [0.3, 0.4) is 0 Å². The summed E-state index contributed by atoms with van der Waals surface area (Å²) in [4.78, 5) is 59.0. The Morgan fingerprint density at radius 2 is 0.829 bits per heavy atom. The predicted molar refractivity (Wildman–Crippen MR) is 304 cm³/mol. The Kier molecular flexibility index (Phi) is 16.4. The van der Waals surface area contributed by atoms with Crippen LogP contribution in [-0.4, -0.2) is 137 Å². The molecule has 0 aliphatic carbocycles. The van der Waals surface area contributed by atoms with Crippen LogP contribution < -0.4 is 16.1 Å². The minimum Gasteiger partial charge on any atom is -0.423 e. The van der Waals surface area contributed by atoms with Crippen molar-refractivity contribution < 1.29 is 29.2 Å². The standard InChI is InChI=1S/C31H29N3O2.C25H24BrN3O2.C6H7BO2/c35-30(23-10-5-2-6-11-23)33-17-16-26(19-33)32-27-20-34(21-27)31(36)25-14-15-29-24(18-25)12-7-13-28(29)22-8-3-1-4-9-22;26-23-8-4-7-18-13-19(9-10-22(18)23)25(31)29-15-21(16-29)27-20-11-12-28(14-20)24(30)17-5-2-1-3-6-17;8-7(9)6-4-2-1-3-5-6/h1-15,18,26-27,32H,16-17,19-21H2;1-10,13,20-21,27H,11-12,14-16H2;1-5,8-9H/t26-;20-;/m00./s1. The second kappa shape index (κ2) is 24.0. The highest BCUT2D eigenvalue weighted by atomic mass is 79.9. The summed E-state index contributed by atoms with van der Waals surface area (Å²) in [7, 11) is -1.34. The van der Waals surface area contributed by atoms with Gasteiger partial charge in [0.1, 0.15) is 0 Å². The van der Waals surface area contributed by atoms with Gasteiger partial charge in [-0.15, -0.1) is 0 Å². The first-order valence-corrected chi connectivity index (χ1v) is 26.8. The molecule has 0 radical (unpaired) electrons. The van der Waals surface area contributed by atoms with Crippen LogP contribution in [0.5, 0.6) is 0 Å². The summed E-state index contributed by atoms with van der Waals surface area (Å²) in [6.45, 7) is 5.78. The molecule has 8 aromatic carbocycles. The van der Waals surface area contributed by atoms with Crippen LogP contribution in [0.4, 0.5) is 0 Å². The van der Waals surface area contributed by atoms with Crippen molar-refractivity contribution in [3.8, 4) is 11.1 Å². The van der Waals surface area contributed by atoms with Crippen molar-refractivity contribution in [2.24, 2.45) is 0 Å². The number of amides is 4. The molecule has 4 aliphatic rings. The zero-order valence-electron chi connectivity index (χ0n) is 42.1. The fraction of sp³-hybridized carbons (Fsp3) is 0.226. The molecular weight excluding hydrogens is 1020 g/mol. The summed E-state index contributed by atoms with van der Waals surface area (Å²) in [5, 5.41) is 28.8. The van der Waals surface area contributed by atoms with Crippen molar-refractivity contribution in [2.45, 2.75) is 37.0 Å². The highest BCUT2D eigenvalue weighted by Crippen LogP contribution is 2.31. The van der Waals surface area contributed by atoms with Gasteiger partial charge in [0, 0.05) is 103 Å². The quantitative estimate of drug-likeness (QED) is 0.101. The van der Waals surface area contributed by atoms with E-state index in [0.29, 0.717) is 38.2 Å². The van der Waals surface area contributed by atoms with E-state index < -0.39 is 7.12 Å². The lowest BCUT2D eigenvalue weighted by Gasteiger charge is -2.41. The first kappa shape index (κ1) is 52.0. The van der Waals surface area contributed by atoms with Gasteiger partial charge in [-0.3, -0.25) is 19.2 Å². The van der Waals surface area contributed by atoms with Gasteiger partial charge in [-0.2, -0.15) is 0 Å². The maximum Gasteiger partial charge on any atom is 0.488 e. The summed E-state index contributed by atoms with van der Waals surface area (Å²) >= 11 is 3.56. The second-order valence-electron chi connectivity index (χ2n) is 19.9. The molecule has 12 nitrogen and oxygen atoms in total. The molecule has 0 bridgehead atoms. The number of fused-ring (bicyclic) bond motifs is 2. The van der Waals surface area contributed by atoms with Crippen LogP contribution in [-0.2, 0) is 0 Å². The summed E-state index contributed by atoms with van der Waals surface area (Å²) in [6, 6.07) is 63.2. The average molecular weight is 1080 g/mol. The van der Waals surface area contributed by atoms with Gasteiger partial charge in [0.15, 0.2) is 0 Å². The number of hydrogen-bond acceptors (Lipinski definition) is 8. The maximum atomic E-state index is 13.2. The van der Waals surface area contributed by atoms with Crippen molar-refractivity contribution in [3.63, 3.8) is 0 Å². The molecule has 4 amide bonds. The number of hydrogen-bond donors (Lipinski definition) is 4. The molecule has 4 heterocycles. The van der Waals surface area contributed by atoms with Crippen LogP contribution in [0, 0.1) is 0 Å². The molecule has 8 aromatic rings. The van der Waals surface area contributed by atoms with Gasteiger partial charge in [-0.25, -0.2) is 0 Å². The normalized spacial score (nSPS) is 17.2. The van der Waals surface area contributed by atoms with Crippen LogP contribution in [0.2, 0.25) is 0 Å². The highest BCUT2D eigenvalue weighted by Gasteiger charge is 2.37. The lowest BCUT2D eigenvalue weighted by Crippen LogP contribution is -2.62. The fourth-order valence-electron chi connectivity index (χ4n) is 10.5. The fourth-order valence-corrected chi connectivity index (χ4v) is 11.0. The molecule has 4 N–H and O–H groups in total. The number of benzene rings is 8. The molecule has 4 aliphatic heterocycles. The molecule has 0 saturated carbocycles. The van der Waals surface area contributed by atoms with Crippen LogP contribution in [0.25, 0.3) is 32.7 Å². The van der Waals surface area contributed by atoms with Crippen molar-refractivity contribution in [1.82, 2.24) is 30.2 Å². The SMILES string of the molecule is O=C(c1ccc2c(-c3ccccc3)cccc2c1)N1CC(N[C@H]2CCN(C(=O)c3ccccc3)C2)C1.O=C(c1ccc2c(Br)cccc2c1)N1CC(N[C@H]2CCN(C(=O)c3ccccc3)C2)C1.OB(O)c1ccccc1. The van der Waals surface area contributed by atoms with Gasteiger partial charge in [0.25, 0.3) is 23.6 Å². The van der Waals surface area contributed by atoms with Crippen LogP contribution >= 0.6 is 15.9 Å². The third kappa shape index (κ3) is 12.3. The lowest BCUT2D eigenvalue weighted by atomic mass is 9.81. The Labute approximate surface area is 452 Å². The van der Waals surface area contributed by atoms with Gasteiger partial charge < -0.3 is 40.3 Å². The van der Waals surface area contributed by atoms with Crippen molar-refractivity contribution >= 4 is 73.7 Å². The first-order chi connectivity index (χ1) is 37.0. The van der Waals surface area contributed by atoms with E-state index in [9.17, 15) is 19.2 Å².